The molecule has 2 heterocycles. The molecule has 0 radical (unpaired) electrons. The number of nitrogens with zero attached hydrogens (tertiary/aromatic N) is 12. The molecule has 0 bridgehead atoms. The summed E-state index contributed by atoms with van der Waals surface area (Å²) in [5.74, 6) is 4.05. The Labute approximate surface area is 453 Å². The smallest absolute Gasteiger partial charge is 0.416 e. The van der Waals surface area contributed by atoms with E-state index in [1.165, 1.54) is 96.3 Å². The number of amidine groups is 1. The van der Waals surface area contributed by atoms with Crippen LogP contribution in [0.25, 0.3) is 22.8 Å². The summed E-state index contributed by atoms with van der Waals surface area (Å²) in [5, 5.41) is 54.7. The number of carboxylic acid groups (broad SMARTS) is 1. The molecule has 30 heteroatoms. The monoisotopic (exact) mass is 1130 g/mol. The quantitative estimate of drug-likeness (QED) is 0.0166. The van der Waals surface area contributed by atoms with E-state index in [9.17, 15) is 53.9 Å². The second kappa shape index (κ2) is 25.5. The molecule has 0 atom stereocenters. The van der Waals surface area contributed by atoms with Crippen LogP contribution in [-0.4, -0.2) is 102 Å². The van der Waals surface area contributed by atoms with Gasteiger partial charge in [-0.05, 0) is 120 Å². The number of hydrogen-bond acceptors (Lipinski definition) is 15. The van der Waals surface area contributed by atoms with Crippen LogP contribution in [0, 0.1) is 0 Å². The Bertz CT molecular complexity index is 3610. The van der Waals surface area contributed by atoms with E-state index in [0.29, 0.717) is 44.9 Å². The van der Waals surface area contributed by atoms with Gasteiger partial charge in [-0.3, -0.25) is 9.59 Å². The zero-order valence-corrected chi connectivity index (χ0v) is 43.1. The van der Waals surface area contributed by atoms with Crippen molar-refractivity contribution in [3.05, 3.63) is 166 Å². The second-order valence-corrected chi connectivity index (χ2v) is 16.9. The number of hydrogen-bond donors (Lipinski definition) is 6. The minimum Gasteiger partial charge on any atom is -0.478 e. The molecule has 8 rings (SSSR count). The molecule has 0 spiro atoms. The number of nitrogens with two attached hydrogens (primary N) is 1. The number of benzene rings is 6. The van der Waals surface area contributed by atoms with E-state index in [1.54, 1.807) is 51.5 Å². The summed E-state index contributed by atoms with van der Waals surface area (Å²) in [5.41, 5.74) is 1.15. The average molecular weight is 1130 g/mol. The van der Waals surface area contributed by atoms with Gasteiger partial charge in [0.2, 0.25) is 17.5 Å². The lowest BCUT2D eigenvalue weighted by Gasteiger charge is -2.16. The van der Waals surface area contributed by atoms with Crippen molar-refractivity contribution in [2.75, 3.05) is 44.1 Å². The molecule has 81 heavy (non-hydrogen) atoms. The third-order valence-electron chi connectivity index (χ3n) is 10.9. The maximum atomic E-state index is 13.0. The number of amides is 2. The number of tetrazole rings is 2. The van der Waals surface area contributed by atoms with Gasteiger partial charge in [0, 0.05) is 90.1 Å². The highest BCUT2D eigenvalue weighted by Crippen LogP contribution is 2.37. The van der Waals surface area contributed by atoms with Crippen molar-refractivity contribution in [3.63, 3.8) is 0 Å². The van der Waals surface area contributed by atoms with E-state index < -0.39 is 41.2 Å². The first-order valence-electron chi connectivity index (χ1n) is 23.2. The van der Waals surface area contributed by atoms with Crippen molar-refractivity contribution in [1.29, 1.82) is 0 Å². The maximum Gasteiger partial charge on any atom is 0.416 e. The Morgan fingerprint density at radius 2 is 0.988 bits per heavy atom. The molecule has 8 aromatic rings. The van der Waals surface area contributed by atoms with E-state index in [0.717, 1.165) is 36.4 Å². The van der Waals surface area contributed by atoms with Gasteiger partial charge in [0.1, 0.15) is 0 Å². The molecule has 21 nitrogen and oxygen atoms in total. The Hall–Kier alpha value is -10.3. The lowest BCUT2D eigenvalue weighted by molar-refractivity contribution is -0.138. The number of anilines is 6. The fraction of sp³-hybridized carbons (Fsp3) is 0.176. The number of carbonyl (C=O) groups excluding carboxylic acids is 2. The highest BCUT2D eigenvalue weighted by atomic mass is 19.4. The molecule has 0 fully saturated rings. The van der Waals surface area contributed by atoms with Crippen LogP contribution in [0.15, 0.2) is 143 Å². The van der Waals surface area contributed by atoms with Crippen LogP contribution in [0.3, 0.4) is 0 Å². The van der Waals surface area contributed by atoms with E-state index in [4.69, 9.17) is 10.9 Å². The number of aromatic nitrogens is 8. The summed E-state index contributed by atoms with van der Waals surface area (Å²) < 4.78 is 116. The molecule has 2 aromatic heterocycles. The molecule has 2 amide bonds. The SMILES string of the molecule is CN=NC(=NN)c1cc(C(=O)N(C)C)ccc1Nc1cccc(C(F)(F)F)c1.CNC(=O)c1ccc(Nc2cccc(C(F)(F)F)c2)c(-c2nnn(C)n2)c1.Cn1nnc(-c2cc(C(=O)O)ccc2Nc2cccc(C(F)(F)F)c2)n1. The third kappa shape index (κ3) is 15.9. The van der Waals surface area contributed by atoms with Gasteiger partial charge in [-0.25, -0.2) is 4.79 Å². The first-order chi connectivity index (χ1) is 38.2. The molecule has 6 aromatic carbocycles. The van der Waals surface area contributed by atoms with Crippen molar-refractivity contribution in [3.8, 4) is 22.8 Å². The van der Waals surface area contributed by atoms with Gasteiger partial charge in [0.15, 0.2) is 0 Å². The molecule has 7 N–H and O–H groups in total. The van der Waals surface area contributed by atoms with Gasteiger partial charge in [-0.15, -0.1) is 25.5 Å². The zero-order chi connectivity index (χ0) is 59.4. The van der Waals surface area contributed by atoms with Crippen molar-refractivity contribution in [1.82, 2.24) is 50.6 Å². The van der Waals surface area contributed by atoms with Crippen molar-refractivity contribution in [2.45, 2.75) is 18.5 Å². The Morgan fingerprint density at radius 1 is 0.580 bits per heavy atom. The van der Waals surface area contributed by atoms with Crippen LogP contribution in [0.5, 0.6) is 0 Å². The number of alkyl halides is 9. The van der Waals surface area contributed by atoms with E-state index in [1.807, 2.05) is 0 Å². The number of nitrogens with one attached hydrogen (secondary N) is 4. The second-order valence-electron chi connectivity index (χ2n) is 16.9. The minimum atomic E-state index is -4.47. The molecular weight excluding hydrogens is 1090 g/mol. The van der Waals surface area contributed by atoms with Crippen LogP contribution in [0.4, 0.5) is 73.6 Å². The lowest BCUT2D eigenvalue weighted by atomic mass is 10.1. The van der Waals surface area contributed by atoms with E-state index in [2.05, 4.69) is 67.4 Å². The van der Waals surface area contributed by atoms with Gasteiger partial charge in [0.25, 0.3) is 11.8 Å². The highest BCUT2D eigenvalue weighted by molar-refractivity contribution is 6.07. The van der Waals surface area contributed by atoms with E-state index in [-0.39, 0.29) is 51.9 Å². The number of aromatic carboxylic acids is 1. The van der Waals surface area contributed by atoms with Crippen LogP contribution in [0.1, 0.15) is 53.3 Å². The van der Waals surface area contributed by atoms with Crippen molar-refractivity contribution >= 4 is 57.7 Å². The predicted octanol–water partition coefficient (Wildman–Crippen LogP) is 10.2. The summed E-state index contributed by atoms with van der Waals surface area (Å²) in [6, 6.07) is 27.6. The predicted molar refractivity (Wildman–Crippen MR) is 279 cm³/mol. The molecule has 422 valence electrons. The Balaban J connectivity index is 0.000000196. The maximum absolute atomic E-state index is 13.0. The van der Waals surface area contributed by atoms with Crippen molar-refractivity contribution < 1.29 is 59.0 Å². The first kappa shape index (κ1) is 59.9. The molecule has 0 aliphatic heterocycles. The summed E-state index contributed by atoms with van der Waals surface area (Å²) in [6.45, 7) is 0. The summed E-state index contributed by atoms with van der Waals surface area (Å²) in [4.78, 5) is 39.2. The van der Waals surface area contributed by atoms with Gasteiger partial charge >= 0.3 is 24.5 Å². The van der Waals surface area contributed by atoms with Crippen LogP contribution in [0.2, 0.25) is 0 Å². The number of carbonyl (C=O) groups is 3. The number of carboxylic acids is 1. The minimum absolute atomic E-state index is 0.0120. The lowest BCUT2D eigenvalue weighted by Crippen LogP contribution is -2.22. The number of halogens is 9. The molecule has 0 aliphatic rings. The number of rotatable bonds is 12. The summed E-state index contributed by atoms with van der Waals surface area (Å²) in [7, 11) is 9.23. The Morgan fingerprint density at radius 3 is 1.36 bits per heavy atom. The van der Waals surface area contributed by atoms with Crippen LogP contribution >= 0.6 is 0 Å². The van der Waals surface area contributed by atoms with Crippen molar-refractivity contribution in [2.24, 2.45) is 35.3 Å². The fourth-order valence-corrected chi connectivity index (χ4v) is 7.14. The number of azo groups is 1. The van der Waals surface area contributed by atoms with Gasteiger partial charge in [-0.1, -0.05) is 18.2 Å². The van der Waals surface area contributed by atoms with Crippen LogP contribution in [-0.2, 0) is 32.6 Å². The number of hydrazone groups is 1. The molecular formula is C51H46F9N17O4. The molecule has 0 unspecified atom stereocenters. The normalized spacial score (nSPS) is 11.7. The highest BCUT2D eigenvalue weighted by Gasteiger charge is 2.32. The standard InChI is InChI=1S/C18H19F3N6O.C17H15F3N6O.C16H12F3N5O2/c1-23-26-16(25-22)14-9-11(17(28)27(2)3)7-8-15(14)24-13-6-4-5-12(10-13)18(19,20)21;1-21-16(27)10-6-7-14(13(8-10)15-23-25-26(2)24-15)22-12-5-3-4-11(9-12)17(18,19)20;1-24-22-14(21-23-24)12-7-9(15(25)26)5-6-13(12)20-11-4-2-3-10(8-11)16(17,18)19/h4-10,24H,22H2,1-3H3;3-9,22H,1-2H3,(H,21,27);2-8,20H,1H3,(H,25,26). The largest absolute Gasteiger partial charge is 0.478 e. The van der Waals surface area contributed by atoms with E-state index >= 15 is 0 Å². The summed E-state index contributed by atoms with van der Waals surface area (Å²) in [6.07, 6.45) is -13.4. The zero-order valence-electron chi connectivity index (χ0n) is 43.1. The molecule has 0 saturated carbocycles. The van der Waals surface area contributed by atoms with Crippen LogP contribution < -0.4 is 27.1 Å². The van der Waals surface area contributed by atoms with Gasteiger partial charge < -0.3 is 37.1 Å². The Kier molecular flexibility index (Phi) is 18.8. The van der Waals surface area contributed by atoms with Gasteiger partial charge in [-0.2, -0.15) is 59.3 Å². The first-order valence-corrected chi connectivity index (χ1v) is 23.2. The average Bonchev–Trinajstić information content (AvgIpc) is 4.10. The third-order valence-corrected chi connectivity index (χ3v) is 10.9. The van der Waals surface area contributed by atoms with Gasteiger partial charge in [0.05, 0.1) is 36.3 Å². The molecule has 0 saturated heterocycles. The summed E-state index contributed by atoms with van der Waals surface area (Å²) >= 11 is 0. The topological polar surface area (TPSA) is 273 Å². The molecule has 0 aliphatic carbocycles. The fourth-order valence-electron chi connectivity index (χ4n) is 7.14. The number of aryl methyl sites for hydroxylation is 2.